The first-order valence-electron chi connectivity index (χ1n) is 9.39. The maximum Gasteiger partial charge on any atom is 0.124 e. The molecule has 6 heteroatoms. The van der Waals surface area contributed by atoms with Crippen molar-refractivity contribution in [2.45, 2.75) is 57.8 Å². The maximum absolute atomic E-state index is 9.51. The Morgan fingerprint density at radius 2 is 2.04 bits per heavy atom. The average molecular weight is 336 g/mol. The van der Waals surface area contributed by atoms with Gasteiger partial charge in [-0.2, -0.15) is 0 Å². The van der Waals surface area contributed by atoms with Crippen LogP contribution < -0.4 is 0 Å². The summed E-state index contributed by atoms with van der Waals surface area (Å²) in [4.78, 5) is 7.70. The Labute approximate surface area is 145 Å². The van der Waals surface area contributed by atoms with Crippen LogP contribution in [-0.4, -0.2) is 82.4 Å². The van der Waals surface area contributed by atoms with E-state index >= 15 is 0 Å². The fraction of sp³-hybridized carbons (Fsp3) is 0.833. The zero-order valence-corrected chi connectivity index (χ0v) is 15.1. The second kappa shape index (κ2) is 8.43. The highest BCUT2D eigenvalue weighted by Gasteiger charge is 2.33. The molecule has 0 spiro atoms. The second-order valence-electron chi connectivity index (χ2n) is 7.49. The van der Waals surface area contributed by atoms with Crippen LogP contribution in [0.15, 0.2) is 16.9 Å². The van der Waals surface area contributed by atoms with Crippen LogP contribution in [0.4, 0.5) is 0 Å². The molecule has 1 atom stereocenters. The predicted molar refractivity (Wildman–Crippen MR) is 93.7 cm³/mol. The number of piperidine rings is 1. The van der Waals surface area contributed by atoms with Crippen LogP contribution in [0, 0.1) is 0 Å². The minimum atomic E-state index is 0.268. The van der Waals surface area contributed by atoms with E-state index in [2.05, 4.69) is 33.7 Å². The highest BCUT2D eigenvalue weighted by Crippen LogP contribution is 2.24. The minimum Gasteiger partial charge on any atom is -0.396 e. The van der Waals surface area contributed by atoms with E-state index in [4.69, 9.17) is 4.52 Å². The zero-order chi connectivity index (χ0) is 16.9. The van der Waals surface area contributed by atoms with Crippen LogP contribution in [0.2, 0.25) is 0 Å². The van der Waals surface area contributed by atoms with E-state index in [9.17, 15) is 5.11 Å². The van der Waals surface area contributed by atoms with Crippen molar-refractivity contribution in [1.29, 1.82) is 0 Å². The molecule has 0 aromatic carbocycles. The summed E-state index contributed by atoms with van der Waals surface area (Å²) in [5.41, 5.74) is 0.997. The number of rotatable bonds is 6. The topological polar surface area (TPSA) is 56.0 Å². The number of aliphatic hydroxyl groups is 1. The first-order chi connectivity index (χ1) is 11.7. The summed E-state index contributed by atoms with van der Waals surface area (Å²) < 4.78 is 4.94. The van der Waals surface area contributed by atoms with Crippen LogP contribution in [0.25, 0.3) is 0 Å². The number of hydrogen-bond acceptors (Lipinski definition) is 6. The molecule has 1 aromatic rings. The molecule has 3 rings (SSSR count). The highest BCUT2D eigenvalue weighted by atomic mass is 16.5. The molecule has 0 radical (unpaired) electrons. The Bertz CT molecular complexity index is 471. The lowest BCUT2D eigenvalue weighted by Crippen LogP contribution is -2.58. The molecule has 24 heavy (non-hydrogen) atoms. The number of piperazine rings is 1. The number of aliphatic hydroxyl groups excluding tert-OH is 1. The van der Waals surface area contributed by atoms with Gasteiger partial charge in [0.2, 0.25) is 0 Å². The number of hydrogen-bond donors (Lipinski definition) is 1. The Kier molecular flexibility index (Phi) is 6.27. The van der Waals surface area contributed by atoms with Crippen molar-refractivity contribution < 1.29 is 9.63 Å². The Balaban J connectivity index is 1.56. The summed E-state index contributed by atoms with van der Waals surface area (Å²) in [6.45, 7) is 11.3. The molecular formula is C18H32N4O2. The van der Waals surface area contributed by atoms with Crippen LogP contribution in [0.5, 0.6) is 0 Å². The molecule has 136 valence electrons. The van der Waals surface area contributed by atoms with Crippen LogP contribution >= 0.6 is 0 Å². The van der Waals surface area contributed by atoms with E-state index < -0.39 is 0 Å². The van der Waals surface area contributed by atoms with Gasteiger partial charge in [-0.05, 0) is 46.2 Å². The second-order valence-corrected chi connectivity index (χ2v) is 7.49. The van der Waals surface area contributed by atoms with Gasteiger partial charge < -0.3 is 14.5 Å². The van der Waals surface area contributed by atoms with Gasteiger partial charge in [0.1, 0.15) is 6.26 Å². The lowest BCUT2D eigenvalue weighted by Gasteiger charge is -2.48. The Morgan fingerprint density at radius 3 is 2.67 bits per heavy atom. The molecule has 6 nitrogen and oxygen atoms in total. The quantitative estimate of drug-likeness (QED) is 0.848. The van der Waals surface area contributed by atoms with Gasteiger partial charge in [-0.1, -0.05) is 5.16 Å². The molecule has 2 fully saturated rings. The summed E-state index contributed by atoms with van der Waals surface area (Å²) in [5.74, 6) is 0. The SMILES string of the molecule is CC(C)N1CCC(N2CCN(Cc3ccon3)CC2CCO)CC1. The van der Waals surface area contributed by atoms with Gasteiger partial charge in [-0.3, -0.25) is 9.80 Å². The van der Waals surface area contributed by atoms with Crippen LogP contribution in [0.3, 0.4) is 0 Å². The fourth-order valence-corrected chi connectivity index (χ4v) is 4.25. The van der Waals surface area contributed by atoms with Crippen molar-refractivity contribution in [1.82, 2.24) is 19.9 Å². The van der Waals surface area contributed by atoms with Gasteiger partial charge in [0.15, 0.2) is 0 Å². The zero-order valence-electron chi connectivity index (χ0n) is 15.1. The fourth-order valence-electron chi connectivity index (χ4n) is 4.25. The van der Waals surface area contributed by atoms with Crippen LogP contribution in [-0.2, 0) is 6.54 Å². The predicted octanol–water partition coefficient (Wildman–Crippen LogP) is 1.42. The first kappa shape index (κ1) is 17.9. The molecule has 3 heterocycles. The minimum absolute atomic E-state index is 0.268. The van der Waals surface area contributed by atoms with Crippen molar-refractivity contribution >= 4 is 0 Å². The van der Waals surface area contributed by atoms with Crippen molar-refractivity contribution in [2.75, 3.05) is 39.3 Å². The number of aromatic nitrogens is 1. The van der Waals surface area contributed by atoms with Gasteiger partial charge in [0.05, 0.1) is 5.69 Å². The molecule has 2 aliphatic heterocycles. The van der Waals surface area contributed by atoms with Gasteiger partial charge >= 0.3 is 0 Å². The lowest BCUT2D eigenvalue weighted by molar-refractivity contribution is -0.000548. The first-order valence-corrected chi connectivity index (χ1v) is 9.39. The van der Waals surface area contributed by atoms with Gasteiger partial charge in [-0.25, -0.2) is 0 Å². The largest absolute Gasteiger partial charge is 0.396 e. The Morgan fingerprint density at radius 1 is 1.25 bits per heavy atom. The van der Waals surface area contributed by atoms with E-state index in [0.717, 1.165) is 38.3 Å². The standard InChI is InChI=1S/C18H32N4O2/c1-15(2)21-7-3-17(4-8-21)22-10-9-20(14-18(22)5-11-23)13-16-6-12-24-19-16/h6,12,15,17-18,23H,3-5,7-11,13-14H2,1-2H3. The third-order valence-electron chi connectivity index (χ3n) is 5.65. The van der Waals surface area contributed by atoms with Gasteiger partial charge in [0.25, 0.3) is 0 Å². The molecule has 1 aromatic heterocycles. The maximum atomic E-state index is 9.51. The number of likely N-dealkylation sites (tertiary alicyclic amines) is 1. The summed E-state index contributed by atoms with van der Waals surface area (Å²) in [7, 11) is 0. The van der Waals surface area contributed by atoms with E-state index in [-0.39, 0.29) is 6.61 Å². The van der Waals surface area contributed by atoms with Gasteiger partial charge in [-0.15, -0.1) is 0 Å². The smallest absolute Gasteiger partial charge is 0.124 e. The molecule has 0 aliphatic carbocycles. The normalized spacial score (nSPS) is 25.6. The third-order valence-corrected chi connectivity index (χ3v) is 5.65. The average Bonchev–Trinajstić information content (AvgIpc) is 3.08. The molecule has 0 saturated carbocycles. The summed E-state index contributed by atoms with van der Waals surface area (Å²) in [6.07, 6.45) is 5.01. The molecule has 1 unspecified atom stereocenters. The summed E-state index contributed by atoms with van der Waals surface area (Å²) >= 11 is 0. The molecule has 1 N–H and O–H groups in total. The number of nitrogens with zero attached hydrogens (tertiary/aromatic N) is 4. The van der Waals surface area contributed by atoms with E-state index in [1.54, 1.807) is 6.26 Å². The van der Waals surface area contributed by atoms with E-state index in [1.807, 2.05) is 6.07 Å². The summed E-state index contributed by atoms with van der Waals surface area (Å²) in [6, 6.07) is 3.71. The molecule has 0 amide bonds. The van der Waals surface area contributed by atoms with Crippen LogP contribution in [0.1, 0.15) is 38.8 Å². The van der Waals surface area contributed by atoms with E-state index in [1.165, 1.54) is 25.9 Å². The van der Waals surface area contributed by atoms with Gasteiger partial charge in [0, 0.05) is 57.0 Å². The lowest BCUT2D eigenvalue weighted by atomic mass is 9.97. The highest BCUT2D eigenvalue weighted by molar-refractivity contribution is 4.97. The third kappa shape index (κ3) is 4.36. The van der Waals surface area contributed by atoms with Crippen molar-refractivity contribution in [3.8, 4) is 0 Å². The summed E-state index contributed by atoms with van der Waals surface area (Å²) in [5, 5.41) is 13.5. The Hall–Kier alpha value is -0.950. The van der Waals surface area contributed by atoms with Crippen molar-refractivity contribution in [3.05, 3.63) is 18.0 Å². The van der Waals surface area contributed by atoms with Crippen molar-refractivity contribution in [2.24, 2.45) is 0 Å². The molecular weight excluding hydrogens is 304 g/mol. The van der Waals surface area contributed by atoms with Crippen molar-refractivity contribution in [3.63, 3.8) is 0 Å². The molecule has 2 saturated heterocycles. The molecule has 0 bridgehead atoms. The van der Waals surface area contributed by atoms with E-state index in [0.29, 0.717) is 18.1 Å². The monoisotopic (exact) mass is 336 g/mol. The molecule has 2 aliphatic rings.